The second-order valence-corrected chi connectivity index (χ2v) is 7.29. The van der Waals surface area contributed by atoms with Crippen molar-refractivity contribution in [3.8, 4) is 0 Å². The van der Waals surface area contributed by atoms with E-state index in [1.165, 1.54) is 81.5 Å². The summed E-state index contributed by atoms with van der Waals surface area (Å²) in [6, 6.07) is 0. The molecule has 0 rings (SSSR count). The topological polar surface area (TPSA) is 18.5 Å². The summed E-state index contributed by atoms with van der Waals surface area (Å²) in [4.78, 5) is 0. The highest BCUT2D eigenvalue weighted by molar-refractivity contribution is 14.1. The second-order valence-electron chi connectivity index (χ2n) is 6.21. The minimum atomic E-state index is 0.458. The van der Waals surface area contributed by atoms with Crippen molar-refractivity contribution in [3.05, 3.63) is 12.2 Å². The number of hydrogen-bond acceptors (Lipinski definition) is 2. The van der Waals surface area contributed by atoms with E-state index >= 15 is 0 Å². The van der Waals surface area contributed by atoms with Gasteiger partial charge in [-0.05, 0) is 36.5 Å². The second kappa shape index (κ2) is 22.4. The van der Waals surface area contributed by atoms with Crippen LogP contribution >= 0.6 is 22.6 Å². The van der Waals surface area contributed by atoms with Crippen molar-refractivity contribution in [2.24, 2.45) is 0 Å². The maximum atomic E-state index is 5.50. The van der Waals surface area contributed by atoms with Gasteiger partial charge in [0.2, 0.25) is 0 Å². The van der Waals surface area contributed by atoms with E-state index in [2.05, 4.69) is 41.7 Å². The Kier molecular flexibility index (Phi) is 22.8. The lowest BCUT2D eigenvalue weighted by Crippen LogP contribution is -2.02. The van der Waals surface area contributed by atoms with Crippen LogP contribution in [0.4, 0.5) is 0 Å². The maximum absolute atomic E-state index is 5.50. The molecule has 0 N–H and O–H groups in total. The summed E-state index contributed by atoms with van der Waals surface area (Å²) in [5.41, 5.74) is 0. The molecule has 0 aromatic heterocycles. The molecule has 23 heavy (non-hydrogen) atoms. The molecule has 0 aliphatic heterocycles. The number of unbranched alkanes of at least 4 members (excludes halogenated alkanes) is 10. The van der Waals surface area contributed by atoms with Gasteiger partial charge in [-0.1, -0.05) is 93.0 Å². The first-order valence-electron chi connectivity index (χ1n) is 9.78. The van der Waals surface area contributed by atoms with Crippen LogP contribution in [0.25, 0.3) is 0 Å². The first-order valence-corrected chi connectivity index (χ1v) is 11.3. The van der Waals surface area contributed by atoms with Crippen molar-refractivity contribution >= 4 is 22.6 Å². The molecule has 0 amide bonds. The zero-order valence-corrected chi connectivity index (χ0v) is 17.5. The minimum absolute atomic E-state index is 0.458. The van der Waals surface area contributed by atoms with Gasteiger partial charge in [0.05, 0.1) is 6.61 Å². The van der Waals surface area contributed by atoms with Crippen molar-refractivity contribution in [1.82, 2.24) is 0 Å². The SMILES string of the molecule is CCCCCCCCCOCOCCC=CCCCCCCI. The normalized spacial score (nSPS) is 11.6. The van der Waals surface area contributed by atoms with Crippen LogP contribution in [0.15, 0.2) is 12.2 Å². The summed E-state index contributed by atoms with van der Waals surface area (Å²) in [5, 5.41) is 0. The molecule has 0 saturated heterocycles. The van der Waals surface area contributed by atoms with E-state index in [0.717, 1.165) is 19.6 Å². The van der Waals surface area contributed by atoms with E-state index in [1.54, 1.807) is 0 Å². The summed E-state index contributed by atoms with van der Waals surface area (Å²) in [7, 11) is 0. The van der Waals surface area contributed by atoms with E-state index in [9.17, 15) is 0 Å². The van der Waals surface area contributed by atoms with Gasteiger partial charge in [-0.25, -0.2) is 0 Å². The zero-order chi connectivity index (χ0) is 16.8. The van der Waals surface area contributed by atoms with Crippen LogP contribution in [0.5, 0.6) is 0 Å². The smallest absolute Gasteiger partial charge is 0.146 e. The molecule has 0 heterocycles. The average Bonchev–Trinajstić information content (AvgIpc) is 2.57. The number of hydrogen-bond donors (Lipinski definition) is 0. The first-order chi connectivity index (χ1) is 11.4. The van der Waals surface area contributed by atoms with Crippen LogP contribution in [-0.4, -0.2) is 24.4 Å². The van der Waals surface area contributed by atoms with Gasteiger partial charge in [-0.3, -0.25) is 0 Å². The van der Waals surface area contributed by atoms with Gasteiger partial charge in [0, 0.05) is 6.61 Å². The van der Waals surface area contributed by atoms with Gasteiger partial charge in [0.1, 0.15) is 6.79 Å². The lowest BCUT2D eigenvalue weighted by Gasteiger charge is -2.05. The van der Waals surface area contributed by atoms with Crippen LogP contribution in [0.1, 0.15) is 90.4 Å². The lowest BCUT2D eigenvalue weighted by atomic mass is 10.1. The highest BCUT2D eigenvalue weighted by Gasteiger charge is 1.92. The van der Waals surface area contributed by atoms with Gasteiger partial charge in [0.25, 0.3) is 0 Å². The summed E-state index contributed by atoms with van der Waals surface area (Å²) in [6.45, 7) is 4.35. The average molecular weight is 438 g/mol. The van der Waals surface area contributed by atoms with Gasteiger partial charge < -0.3 is 9.47 Å². The molecule has 0 saturated carbocycles. The molecule has 0 atom stereocenters. The van der Waals surface area contributed by atoms with E-state index in [-0.39, 0.29) is 0 Å². The third kappa shape index (κ3) is 22.4. The van der Waals surface area contributed by atoms with E-state index < -0.39 is 0 Å². The molecule has 0 aromatic carbocycles. The monoisotopic (exact) mass is 438 g/mol. The van der Waals surface area contributed by atoms with Gasteiger partial charge in [-0.2, -0.15) is 0 Å². The van der Waals surface area contributed by atoms with Crippen molar-refractivity contribution in [1.29, 1.82) is 0 Å². The Morgan fingerprint density at radius 3 is 2.04 bits per heavy atom. The largest absolute Gasteiger partial charge is 0.355 e. The fourth-order valence-corrected chi connectivity index (χ4v) is 2.97. The summed E-state index contributed by atoms with van der Waals surface area (Å²) < 4.78 is 12.3. The standard InChI is InChI=1S/C20H39IO2/c1-2-3-4-5-9-12-15-18-22-20-23-19-16-13-10-7-6-8-11-14-17-21/h10,13H,2-9,11-12,14-20H2,1H3. The summed E-state index contributed by atoms with van der Waals surface area (Å²) in [6.07, 6.45) is 21.5. The molecule has 0 fully saturated rings. The Balaban J connectivity index is 3.02. The Bertz CT molecular complexity index is 232. The Hall–Kier alpha value is 0.390. The van der Waals surface area contributed by atoms with Gasteiger partial charge in [0.15, 0.2) is 0 Å². The first kappa shape index (κ1) is 23.4. The lowest BCUT2D eigenvalue weighted by molar-refractivity contribution is -0.0531. The summed E-state index contributed by atoms with van der Waals surface area (Å²) >= 11 is 2.45. The number of rotatable bonds is 19. The minimum Gasteiger partial charge on any atom is -0.355 e. The van der Waals surface area contributed by atoms with Crippen molar-refractivity contribution < 1.29 is 9.47 Å². The van der Waals surface area contributed by atoms with Crippen LogP contribution in [0.2, 0.25) is 0 Å². The molecule has 0 aromatic rings. The fourth-order valence-electron chi connectivity index (χ4n) is 2.44. The van der Waals surface area contributed by atoms with Crippen molar-refractivity contribution in [2.45, 2.75) is 90.4 Å². The quantitative estimate of drug-likeness (QED) is 0.0707. The molecule has 0 radical (unpaired) electrons. The molecule has 0 aliphatic rings. The predicted octanol–water partition coefficient (Wildman–Crippen LogP) is 7.06. The van der Waals surface area contributed by atoms with Crippen molar-refractivity contribution in [3.63, 3.8) is 0 Å². The van der Waals surface area contributed by atoms with E-state index in [1.807, 2.05) is 0 Å². The molecular weight excluding hydrogens is 399 g/mol. The van der Waals surface area contributed by atoms with E-state index in [0.29, 0.717) is 6.79 Å². The Morgan fingerprint density at radius 1 is 0.652 bits per heavy atom. The molecule has 0 unspecified atom stereocenters. The number of allylic oxidation sites excluding steroid dienone is 1. The molecule has 138 valence electrons. The highest BCUT2D eigenvalue weighted by Crippen LogP contribution is 2.07. The number of alkyl halides is 1. The van der Waals surface area contributed by atoms with Crippen LogP contribution in [0.3, 0.4) is 0 Å². The molecule has 2 nitrogen and oxygen atoms in total. The number of halogens is 1. The number of ether oxygens (including phenoxy) is 2. The predicted molar refractivity (Wildman–Crippen MR) is 110 cm³/mol. The third-order valence-electron chi connectivity index (χ3n) is 3.91. The molecule has 3 heteroatoms. The van der Waals surface area contributed by atoms with Crippen LogP contribution < -0.4 is 0 Å². The fraction of sp³-hybridized carbons (Fsp3) is 0.900. The van der Waals surface area contributed by atoms with Gasteiger partial charge in [-0.15, -0.1) is 0 Å². The van der Waals surface area contributed by atoms with E-state index in [4.69, 9.17) is 9.47 Å². The zero-order valence-electron chi connectivity index (χ0n) is 15.4. The molecule has 0 aliphatic carbocycles. The molecule has 0 spiro atoms. The summed E-state index contributed by atoms with van der Waals surface area (Å²) in [5.74, 6) is 0. The van der Waals surface area contributed by atoms with Gasteiger partial charge >= 0.3 is 0 Å². The maximum Gasteiger partial charge on any atom is 0.146 e. The Labute approximate surface area is 158 Å². The highest BCUT2D eigenvalue weighted by atomic mass is 127. The van der Waals surface area contributed by atoms with Crippen molar-refractivity contribution in [2.75, 3.05) is 24.4 Å². The molecule has 0 bridgehead atoms. The third-order valence-corrected chi connectivity index (χ3v) is 4.67. The van der Waals surface area contributed by atoms with Crippen LogP contribution in [-0.2, 0) is 9.47 Å². The Morgan fingerprint density at radius 2 is 1.26 bits per heavy atom. The molecular formula is C20H39IO2. The van der Waals surface area contributed by atoms with Crippen LogP contribution in [0, 0.1) is 0 Å².